The summed E-state index contributed by atoms with van der Waals surface area (Å²) >= 11 is 0. The Bertz CT molecular complexity index is 1450. The van der Waals surface area contributed by atoms with E-state index in [0.29, 0.717) is 6.42 Å². The lowest BCUT2D eigenvalue weighted by Gasteiger charge is -2.35. The second-order valence-electron chi connectivity index (χ2n) is 13.9. The summed E-state index contributed by atoms with van der Waals surface area (Å²) in [6.45, 7) is 11.3. The molecule has 6 N–H and O–H groups in total. The largest absolute Gasteiger partial charge is 0.453 e. The predicted molar refractivity (Wildman–Crippen MR) is 190 cm³/mol. The average molecular weight is 683 g/mol. The van der Waals surface area contributed by atoms with Crippen LogP contribution in [0.3, 0.4) is 0 Å². The van der Waals surface area contributed by atoms with Gasteiger partial charge in [-0.25, -0.2) is 9.80 Å². The Balaban J connectivity index is 0.00000800. The second-order valence-corrected chi connectivity index (χ2v) is 13.9. The number of nitrogens with two attached hydrogens (primary N) is 1. The fraction of sp³-hybridized carbons (Fsp3) is 0.444. The number of nitrogens with one attached hydrogen (secondary N) is 3. The number of halogens is 1. The predicted octanol–water partition coefficient (Wildman–Crippen LogP) is 4.24. The molecule has 48 heavy (non-hydrogen) atoms. The highest BCUT2D eigenvalue weighted by Gasteiger charge is 2.35. The second kappa shape index (κ2) is 17.9. The number of hydrogen-bond acceptors (Lipinski definition) is 8. The fourth-order valence-corrected chi connectivity index (χ4v) is 4.93. The van der Waals surface area contributed by atoms with E-state index >= 15 is 0 Å². The summed E-state index contributed by atoms with van der Waals surface area (Å²) in [5, 5.41) is 18.9. The van der Waals surface area contributed by atoms with Crippen LogP contribution in [0.4, 0.5) is 4.79 Å². The zero-order chi connectivity index (χ0) is 34.8. The number of aromatic nitrogens is 1. The van der Waals surface area contributed by atoms with Crippen LogP contribution in [0.1, 0.15) is 52.7 Å². The van der Waals surface area contributed by atoms with E-state index in [4.69, 9.17) is 10.5 Å². The molecule has 0 spiro atoms. The Kier molecular flexibility index (Phi) is 15.0. The third-order valence-electron chi connectivity index (χ3n) is 7.85. The highest BCUT2D eigenvalue weighted by molar-refractivity contribution is 5.86. The van der Waals surface area contributed by atoms with Crippen LogP contribution < -0.4 is 21.8 Å². The maximum Gasteiger partial charge on any atom is 0.407 e. The van der Waals surface area contributed by atoms with E-state index in [-0.39, 0.29) is 31.4 Å². The molecule has 0 aliphatic heterocycles. The number of pyridine rings is 1. The monoisotopic (exact) mass is 682 g/mol. The zero-order valence-corrected chi connectivity index (χ0v) is 29.7. The molecule has 0 radical (unpaired) electrons. The first-order chi connectivity index (χ1) is 22.1. The maximum atomic E-state index is 13.7. The molecule has 0 saturated heterocycles. The molecule has 1 unspecified atom stereocenters. The van der Waals surface area contributed by atoms with Gasteiger partial charge in [0.05, 0.1) is 31.0 Å². The molecule has 0 bridgehead atoms. The van der Waals surface area contributed by atoms with Gasteiger partial charge in [0.1, 0.15) is 6.04 Å². The molecule has 2 aromatic carbocycles. The average Bonchev–Trinajstić information content (AvgIpc) is 3.02. The molecule has 12 heteroatoms. The third-order valence-corrected chi connectivity index (χ3v) is 7.85. The molecule has 3 aromatic rings. The molecular weight excluding hydrogens is 632 g/mol. The van der Waals surface area contributed by atoms with Gasteiger partial charge in [0, 0.05) is 24.8 Å². The summed E-state index contributed by atoms with van der Waals surface area (Å²) in [6, 6.07) is 20.5. The summed E-state index contributed by atoms with van der Waals surface area (Å²) in [4.78, 5) is 43.5. The zero-order valence-electron chi connectivity index (χ0n) is 28.9. The Morgan fingerprint density at radius 2 is 1.48 bits per heavy atom. The molecule has 3 amide bonds. The van der Waals surface area contributed by atoms with Gasteiger partial charge in [0.25, 0.3) is 5.91 Å². The van der Waals surface area contributed by atoms with Crippen LogP contribution in [0, 0.1) is 10.8 Å². The molecule has 11 nitrogen and oxygen atoms in total. The molecule has 0 aliphatic carbocycles. The topological polar surface area (TPSA) is 159 Å². The van der Waals surface area contributed by atoms with E-state index in [1.165, 1.54) is 7.11 Å². The van der Waals surface area contributed by atoms with Gasteiger partial charge in [-0.3, -0.25) is 20.0 Å². The number of rotatable bonds is 13. The van der Waals surface area contributed by atoms with Crippen molar-refractivity contribution in [2.45, 2.75) is 78.7 Å². The lowest BCUT2D eigenvalue weighted by molar-refractivity contribution is -0.132. The number of hydrazine groups is 1. The molecule has 0 fully saturated rings. The summed E-state index contributed by atoms with van der Waals surface area (Å²) < 4.78 is 4.77. The first-order valence-electron chi connectivity index (χ1n) is 15.8. The lowest BCUT2D eigenvalue weighted by Crippen LogP contribution is -2.60. The minimum Gasteiger partial charge on any atom is -0.453 e. The highest BCUT2D eigenvalue weighted by Crippen LogP contribution is 2.22. The van der Waals surface area contributed by atoms with Crippen LogP contribution in [0.5, 0.6) is 0 Å². The summed E-state index contributed by atoms with van der Waals surface area (Å²) in [6.07, 6.45) is 0.202. The number of alkyl carbamates (subject to hydrolysis) is 1. The molecule has 1 aromatic heterocycles. The number of ether oxygens (including phenoxy) is 1. The standard InChI is InChI=1S/C36H50N6O5.ClH/c1-35(2,3)30(37)32(44)39-28(21-24-13-9-8-10-14-24)29(43)23-42(41-33(45)31(36(4,5)6)40-34(46)47-7)22-25-16-18-26(19-17-25)27-15-11-12-20-38-27;/h8-20,28-31,43H,21-23,37H2,1-7H3,(H,39,44)(H,40,46)(H,41,45);1H/t28?,29-,30+,31+;/m0./s1. The third kappa shape index (κ3) is 12.2. The smallest absolute Gasteiger partial charge is 0.407 e. The Morgan fingerprint density at radius 3 is 2.02 bits per heavy atom. The quantitative estimate of drug-likeness (QED) is 0.168. The van der Waals surface area contributed by atoms with Crippen LogP contribution >= 0.6 is 12.4 Å². The van der Waals surface area contributed by atoms with Gasteiger partial charge in [0.2, 0.25) is 5.91 Å². The van der Waals surface area contributed by atoms with E-state index < -0.39 is 47.1 Å². The van der Waals surface area contributed by atoms with Crippen molar-refractivity contribution in [2.75, 3.05) is 13.7 Å². The van der Waals surface area contributed by atoms with Crippen molar-refractivity contribution in [1.29, 1.82) is 0 Å². The van der Waals surface area contributed by atoms with Gasteiger partial charge < -0.3 is 26.2 Å². The van der Waals surface area contributed by atoms with Crippen LogP contribution in [0.25, 0.3) is 11.3 Å². The van der Waals surface area contributed by atoms with Crippen molar-refractivity contribution < 1.29 is 24.2 Å². The number of amides is 3. The normalized spacial score (nSPS) is 14.1. The van der Waals surface area contributed by atoms with E-state index in [1.807, 2.05) is 114 Å². The number of carbonyl (C=O) groups is 3. The molecule has 3 rings (SSSR count). The van der Waals surface area contributed by atoms with Crippen molar-refractivity contribution in [3.05, 3.63) is 90.1 Å². The molecule has 4 atom stereocenters. The lowest BCUT2D eigenvalue weighted by atomic mass is 9.86. The number of methoxy groups -OCH3 is 1. The minimum atomic E-state index is -1.12. The number of aliphatic hydroxyl groups excluding tert-OH is 1. The van der Waals surface area contributed by atoms with Gasteiger partial charge in [-0.15, -0.1) is 12.4 Å². The minimum absolute atomic E-state index is 0. The van der Waals surface area contributed by atoms with Gasteiger partial charge in [-0.1, -0.05) is 102 Å². The first kappa shape index (κ1) is 40.1. The van der Waals surface area contributed by atoms with Gasteiger partial charge in [0.15, 0.2) is 0 Å². The molecule has 0 saturated carbocycles. The molecule has 1 heterocycles. The summed E-state index contributed by atoms with van der Waals surface area (Å²) in [7, 11) is 1.23. The van der Waals surface area contributed by atoms with E-state index in [2.05, 4.69) is 21.0 Å². The Morgan fingerprint density at radius 1 is 0.854 bits per heavy atom. The fourth-order valence-electron chi connectivity index (χ4n) is 4.93. The highest BCUT2D eigenvalue weighted by atomic mass is 35.5. The summed E-state index contributed by atoms with van der Waals surface area (Å²) in [5.74, 6) is -0.869. The van der Waals surface area contributed by atoms with Crippen LogP contribution in [-0.4, -0.2) is 70.9 Å². The van der Waals surface area contributed by atoms with Crippen LogP contribution in [-0.2, 0) is 27.3 Å². The number of benzene rings is 2. The SMILES string of the molecule is COC(=O)N[C@H](C(=O)NN(Cc1ccc(-c2ccccn2)cc1)C[C@H](O)C(Cc1ccccc1)NC(=O)[C@@H](N)C(C)(C)C)C(C)(C)C.Cl. The number of hydrogen-bond donors (Lipinski definition) is 5. The van der Waals surface area contributed by atoms with E-state index in [1.54, 1.807) is 11.2 Å². The van der Waals surface area contributed by atoms with Gasteiger partial charge in [-0.05, 0) is 40.5 Å². The van der Waals surface area contributed by atoms with Crippen molar-refractivity contribution in [2.24, 2.45) is 16.6 Å². The molecular formula is C36H51ClN6O5. The van der Waals surface area contributed by atoms with Crippen LogP contribution in [0.2, 0.25) is 0 Å². The van der Waals surface area contributed by atoms with Crippen molar-refractivity contribution >= 4 is 30.3 Å². The van der Waals surface area contributed by atoms with E-state index in [9.17, 15) is 19.5 Å². The maximum absolute atomic E-state index is 13.7. The number of carbonyl (C=O) groups excluding carboxylic acids is 3. The van der Waals surface area contributed by atoms with E-state index in [0.717, 1.165) is 22.4 Å². The van der Waals surface area contributed by atoms with Crippen molar-refractivity contribution in [3.8, 4) is 11.3 Å². The Hall–Kier alpha value is -4.03. The molecule has 262 valence electrons. The van der Waals surface area contributed by atoms with Gasteiger partial charge in [-0.2, -0.15) is 0 Å². The van der Waals surface area contributed by atoms with Gasteiger partial charge >= 0.3 is 6.09 Å². The van der Waals surface area contributed by atoms with Crippen molar-refractivity contribution in [3.63, 3.8) is 0 Å². The summed E-state index contributed by atoms with van der Waals surface area (Å²) in [5.41, 5.74) is 11.5. The first-order valence-corrected chi connectivity index (χ1v) is 15.8. The number of nitrogens with zero attached hydrogens (tertiary/aromatic N) is 2. The van der Waals surface area contributed by atoms with Crippen LogP contribution in [0.15, 0.2) is 79.0 Å². The van der Waals surface area contributed by atoms with Crippen molar-refractivity contribution in [1.82, 2.24) is 26.1 Å². The molecule has 0 aliphatic rings. The Labute approximate surface area is 290 Å². The number of aliphatic hydroxyl groups is 1.